The van der Waals surface area contributed by atoms with Crippen LogP contribution >= 0.6 is 11.6 Å². The molecule has 0 aromatic heterocycles. The van der Waals surface area contributed by atoms with E-state index in [1.54, 1.807) is 30.3 Å². The van der Waals surface area contributed by atoms with Gasteiger partial charge >= 0.3 is 5.97 Å². The average molecular weight is 448 g/mol. The van der Waals surface area contributed by atoms with Gasteiger partial charge in [0.2, 0.25) is 5.91 Å². The highest BCUT2D eigenvalue weighted by Crippen LogP contribution is 2.22. The van der Waals surface area contributed by atoms with Crippen LogP contribution in [0.5, 0.6) is 5.75 Å². The molecule has 10 heteroatoms. The van der Waals surface area contributed by atoms with Crippen molar-refractivity contribution >= 4 is 35.3 Å². The van der Waals surface area contributed by atoms with Gasteiger partial charge in [0, 0.05) is 11.9 Å². The number of carbonyl (C=O) groups is 4. The minimum absolute atomic E-state index is 0.119. The Morgan fingerprint density at radius 1 is 1.03 bits per heavy atom. The van der Waals surface area contributed by atoms with E-state index in [0.29, 0.717) is 5.02 Å². The Bertz CT molecular complexity index is 951. The van der Waals surface area contributed by atoms with Gasteiger partial charge in [0.05, 0.1) is 25.1 Å². The number of amides is 3. The highest BCUT2D eigenvalue weighted by atomic mass is 35.5. The number of ether oxygens (including phenoxy) is 2. The molecule has 0 saturated heterocycles. The van der Waals surface area contributed by atoms with Gasteiger partial charge in [0.15, 0.2) is 6.61 Å². The van der Waals surface area contributed by atoms with E-state index in [-0.39, 0.29) is 23.6 Å². The first-order valence-electron chi connectivity index (χ1n) is 9.20. The first-order valence-corrected chi connectivity index (χ1v) is 9.58. The molecule has 0 bridgehead atoms. The summed E-state index contributed by atoms with van der Waals surface area (Å²) in [6.45, 7) is 0.722. The lowest BCUT2D eigenvalue weighted by Crippen LogP contribution is -2.43. The van der Waals surface area contributed by atoms with Gasteiger partial charge in [0.25, 0.3) is 11.8 Å². The van der Waals surface area contributed by atoms with Crippen LogP contribution in [0.25, 0.3) is 0 Å². The number of hydrazine groups is 1. The molecule has 0 radical (unpaired) electrons. The zero-order chi connectivity index (χ0) is 22.8. The summed E-state index contributed by atoms with van der Waals surface area (Å²) in [6.07, 6.45) is -0.164. The molecule has 0 fully saturated rings. The second-order valence-electron chi connectivity index (χ2n) is 6.38. The van der Waals surface area contributed by atoms with E-state index in [4.69, 9.17) is 21.1 Å². The number of halogens is 1. The number of methoxy groups -OCH3 is 1. The molecule has 1 atom stereocenters. The van der Waals surface area contributed by atoms with Gasteiger partial charge in [0.1, 0.15) is 5.75 Å². The maximum atomic E-state index is 12.2. The molecule has 3 N–H and O–H groups in total. The van der Waals surface area contributed by atoms with Gasteiger partial charge in [-0.15, -0.1) is 0 Å². The van der Waals surface area contributed by atoms with Gasteiger partial charge in [-0.05, 0) is 23.8 Å². The summed E-state index contributed by atoms with van der Waals surface area (Å²) < 4.78 is 10.0. The molecule has 2 aromatic rings. The van der Waals surface area contributed by atoms with Crippen molar-refractivity contribution in [3.05, 3.63) is 64.7 Å². The van der Waals surface area contributed by atoms with Crippen molar-refractivity contribution in [2.24, 2.45) is 0 Å². The molecular weight excluding hydrogens is 426 g/mol. The maximum absolute atomic E-state index is 12.2. The van der Waals surface area contributed by atoms with Crippen molar-refractivity contribution in [3.8, 4) is 5.75 Å². The summed E-state index contributed by atoms with van der Waals surface area (Å²) in [5.74, 6) is -2.14. The van der Waals surface area contributed by atoms with Crippen LogP contribution in [-0.2, 0) is 19.1 Å². The van der Waals surface area contributed by atoms with Gasteiger partial charge in [-0.2, -0.15) is 0 Å². The predicted octanol–water partition coefficient (Wildman–Crippen LogP) is 1.92. The smallest absolute Gasteiger partial charge is 0.308 e. The molecule has 2 rings (SSSR count). The van der Waals surface area contributed by atoms with Crippen molar-refractivity contribution in [2.45, 2.75) is 19.4 Å². The Hall–Kier alpha value is -3.59. The molecule has 164 valence electrons. The van der Waals surface area contributed by atoms with Crippen LogP contribution in [0.4, 0.5) is 0 Å². The Kier molecular flexibility index (Phi) is 8.83. The molecular formula is C21H22ClN3O6. The second-order valence-corrected chi connectivity index (χ2v) is 6.81. The number of nitrogens with one attached hydrogen (secondary N) is 3. The van der Waals surface area contributed by atoms with E-state index in [0.717, 1.165) is 5.56 Å². The molecule has 0 aliphatic heterocycles. The van der Waals surface area contributed by atoms with Crippen molar-refractivity contribution < 1.29 is 28.7 Å². The SMILES string of the molecule is COc1ccc(Cl)cc1C(=O)NNC(=O)COC(=O)C[C@@H](NC(C)=O)c1ccccc1. The van der Waals surface area contributed by atoms with E-state index in [1.807, 2.05) is 6.07 Å². The Morgan fingerprint density at radius 2 is 1.74 bits per heavy atom. The number of hydrogen-bond acceptors (Lipinski definition) is 6. The van der Waals surface area contributed by atoms with Crippen molar-refractivity contribution in [2.75, 3.05) is 13.7 Å². The Balaban J connectivity index is 1.85. The van der Waals surface area contributed by atoms with Crippen LogP contribution in [-0.4, -0.2) is 37.4 Å². The second kappa shape index (κ2) is 11.6. The van der Waals surface area contributed by atoms with Crippen molar-refractivity contribution in [1.29, 1.82) is 0 Å². The fourth-order valence-corrected chi connectivity index (χ4v) is 2.81. The summed E-state index contributed by atoms with van der Waals surface area (Å²) in [4.78, 5) is 47.7. The highest BCUT2D eigenvalue weighted by Gasteiger charge is 2.19. The third-order valence-corrected chi connectivity index (χ3v) is 4.27. The maximum Gasteiger partial charge on any atom is 0.308 e. The fourth-order valence-electron chi connectivity index (χ4n) is 2.64. The van der Waals surface area contributed by atoms with Gasteiger partial charge in [-0.1, -0.05) is 41.9 Å². The molecule has 0 aliphatic rings. The zero-order valence-corrected chi connectivity index (χ0v) is 17.7. The first-order chi connectivity index (χ1) is 14.8. The van der Waals surface area contributed by atoms with E-state index in [1.165, 1.54) is 26.2 Å². The Labute approximate surface area is 184 Å². The third-order valence-electron chi connectivity index (χ3n) is 4.04. The molecule has 0 saturated carbocycles. The van der Waals surface area contributed by atoms with Gasteiger partial charge in [-0.3, -0.25) is 30.0 Å². The molecule has 9 nitrogen and oxygen atoms in total. The lowest BCUT2D eigenvalue weighted by Gasteiger charge is -2.17. The Morgan fingerprint density at radius 3 is 2.39 bits per heavy atom. The number of esters is 1. The van der Waals surface area contributed by atoms with Gasteiger partial charge in [-0.25, -0.2) is 0 Å². The lowest BCUT2D eigenvalue weighted by molar-refractivity contribution is -0.149. The summed E-state index contributed by atoms with van der Waals surface area (Å²) >= 11 is 5.88. The number of benzene rings is 2. The third kappa shape index (κ3) is 7.63. The molecule has 31 heavy (non-hydrogen) atoms. The molecule has 0 aliphatic carbocycles. The zero-order valence-electron chi connectivity index (χ0n) is 16.9. The normalized spacial score (nSPS) is 11.1. The predicted molar refractivity (Wildman–Crippen MR) is 112 cm³/mol. The summed E-state index contributed by atoms with van der Waals surface area (Å²) in [5, 5.41) is 2.99. The van der Waals surface area contributed by atoms with Crippen LogP contribution in [0.2, 0.25) is 5.02 Å². The largest absolute Gasteiger partial charge is 0.496 e. The van der Waals surface area contributed by atoms with E-state index in [2.05, 4.69) is 16.2 Å². The standard InChI is InChI=1S/C21H22ClN3O6/c1-13(26)23-17(14-6-4-3-5-7-14)11-20(28)31-12-19(27)24-25-21(29)16-10-15(22)8-9-18(16)30-2/h3-10,17H,11-12H2,1-2H3,(H,23,26)(H,24,27)(H,25,29)/t17-/m1/s1. The fraction of sp³-hybridized carbons (Fsp3) is 0.238. The lowest BCUT2D eigenvalue weighted by atomic mass is 10.0. The molecule has 0 unspecified atom stereocenters. The minimum atomic E-state index is -0.751. The molecule has 0 heterocycles. The number of rotatable bonds is 8. The van der Waals surface area contributed by atoms with Crippen LogP contribution in [0.3, 0.4) is 0 Å². The topological polar surface area (TPSA) is 123 Å². The van der Waals surface area contributed by atoms with E-state index >= 15 is 0 Å². The van der Waals surface area contributed by atoms with Crippen LogP contribution in [0.15, 0.2) is 48.5 Å². The van der Waals surface area contributed by atoms with Gasteiger partial charge < -0.3 is 14.8 Å². The van der Waals surface area contributed by atoms with Crippen LogP contribution in [0, 0.1) is 0 Å². The monoisotopic (exact) mass is 447 g/mol. The molecule has 3 amide bonds. The van der Waals surface area contributed by atoms with Crippen LogP contribution < -0.4 is 20.9 Å². The quantitative estimate of drug-likeness (QED) is 0.419. The van der Waals surface area contributed by atoms with E-state index < -0.39 is 30.4 Å². The summed E-state index contributed by atoms with van der Waals surface area (Å²) in [5.41, 5.74) is 5.17. The summed E-state index contributed by atoms with van der Waals surface area (Å²) in [6, 6.07) is 12.8. The summed E-state index contributed by atoms with van der Waals surface area (Å²) in [7, 11) is 1.39. The molecule has 0 spiro atoms. The van der Waals surface area contributed by atoms with Crippen molar-refractivity contribution in [3.63, 3.8) is 0 Å². The molecule has 2 aromatic carbocycles. The number of hydrogen-bond donors (Lipinski definition) is 3. The van der Waals surface area contributed by atoms with Crippen LogP contribution in [0.1, 0.15) is 35.3 Å². The minimum Gasteiger partial charge on any atom is -0.496 e. The highest BCUT2D eigenvalue weighted by molar-refractivity contribution is 6.31. The average Bonchev–Trinajstić information content (AvgIpc) is 2.75. The number of carbonyl (C=O) groups excluding carboxylic acids is 4. The van der Waals surface area contributed by atoms with Crippen molar-refractivity contribution in [1.82, 2.24) is 16.2 Å². The first kappa shape index (κ1) is 23.7. The van der Waals surface area contributed by atoms with E-state index in [9.17, 15) is 19.2 Å².